The van der Waals surface area contributed by atoms with Crippen LogP contribution in [0.2, 0.25) is 0 Å². The van der Waals surface area contributed by atoms with Crippen LogP contribution in [-0.2, 0) is 16.0 Å². The minimum absolute atomic E-state index is 0.0376. The van der Waals surface area contributed by atoms with Crippen LogP contribution in [0, 0.1) is 13.8 Å². The number of hydrogen-bond acceptors (Lipinski definition) is 7. The fraction of sp³-hybridized carbons (Fsp3) is 0.455. The van der Waals surface area contributed by atoms with Crippen LogP contribution in [0.1, 0.15) is 41.9 Å². The number of fused-ring (bicyclic) bond motifs is 1. The molecule has 166 valence electrons. The maximum atomic E-state index is 12.6. The Hall–Kier alpha value is -3.20. The predicted molar refractivity (Wildman–Crippen MR) is 115 cm³/mol. The van der Waals surface area contributed by atoms with Crippen LogP contribution >= 0.6 is 0 Å². The molecule has 0 saturated carbocycles. The van der Waals surface area contributed by atoms with Gasteiger partial charge in [-0.2, -0.15) is 10.1 Å². The van der Waals surface area contributed by atoms with Crippen LogP contribution in [0.3, 0.4) is 0 Å². The van der Waals surface area contributed by atoms with E-state index < -0.39 is 0 Å². The maximum absolute atomic E-state index is 12.6. The van der Waals surface area contributed by atoms with Crippen LogP contribution in [0.25, 0.3) is 5.78 Å². The van der Waals surface area contributed by atoms with Gasteiger partial charge in [0.25, 0.3) is 5.78 Å². The summed E-state index contributed by atoms with van der Waals surface area (Å²) >= 11 is 0. The average molecular weight is 428 g/mol. The Morgan fingerprint density at radius 3 is 2.74 bits per heavy atom. The highest BCUT2D eigenvalue weighted by Crippen LogP contribution is 2.30. The molecule has 3 rings (SSSR count). The van der Waals surface area contributed by atoms with E-state index >= 15 is 0 Å². The number of nitrogens with one attached hydrogen (secondary N) is 1. The summed E-state index contributed by atoms with van der Waals surface area (Å²) in [5.41, 5.74) is 3.77. The van der Waals surface area contributed by atoms with Crippen molar-refractivity contribution in [3.63, 3.8) is 0 Å². The SMILES string of the molecule is COCCOc1ccc(C(C)NC(=O)CCc2c(C)nc3ncnn3c2C)cc1OC. The van der Waals surface area contributed by atoms with E-state index in [0.717, 1.165) is 22.5 Å². The lowest BCUT2D eigenvalue weighted by Crippen LogP contribution is -2.27. The Bertz CT molecular complexity index is 1050. The van der Waals surface area contributed by atoms with Crippen LogP contribution in [-0.4, -0.2) is 52.9 Å². The molecule has 1 amide bonds. The van der Waals surface area contributed by atoms with Crippen LogP contribution < -0.4 is 14.8 Å². The summed E-state index contributed by atoms with van der Waals surface area (Å²) in [6.07, 6.45) is 2.41. The van der Waals surface area contributed by atoms with Crippen LogP contribution in [0.5, 0.6) is 11.5 Å². The second-order valence-electron chi connectivity index (χ2n) is 7.27. The van der Waals surface area contributed by atoms with Gasteiger partial charge in [0, 0.05) is 24.9 Å². The summed E-state index contributed by atoms with van der Waals surface area (Å²) < 4.78 is 17.8. The van der Waals surface area contributed by atoms with E-state index in [1.807, 2.05) is 39.0 Å². The Balaban J connectivity index is 1.62. The molecule has 31 heavy (non-hydrogen) atoms. The Morgan fingerprint density at radius 1 is 1.19 bits per heavy atom. The van der Waals surface area contributed by atoms with Gasteiger partial charge in [0.15, 0.2) is 11.5 Å². The highest BCUT2D eigenvalue weighted by Gasteiger charge is 2.16. The molecule has 1 unspecified atom stereocenters. The summed E-state index contributed by atoms with van der Waals surface area (Å²) in [5.74, 6) is 1.79. The number of carbonyl (C=O) groups is 1. The summed E-state index contributed by atoms with van der Waals surface area (Å²) in [7, 11) is 3.22. The lowest BCUT2D eigenvalue weighted by Gasteiger charge is -2.17. The van der Waals surface area contributed by atoms with Gasteiger partial charge in [-0.15, -0.1) is 0 Å². The van der Waals surface area contributed by atoms with E-state index in [4.69, 9.17) is 14.2 Å². The first-order valence-corrected chi connectivity index (χ1v) is 10.2. The van der Waals surface area contributed by atoms with Crippen molar-refractivity contribution in [1.29, 1.82) is 0 Å². The molecule has 0 spiro atoms. The number of carbonyl (C=O) groups excluding carboxylic acids is 1. The molecule has 1 N–H and O–H groups in total. The summed E-state index contributed by atoms with van der Waals surface area (Å²) in [6, 6.07) is 5.47. The second-order valence-corrected chi connectivity index (χ2v) is 7.27. The third kappa shape index (κ3) is 5.29. The number of aryl methyl sites for hydroxylation is 2. The van der Waals surface area contributed by atoms with E-state index in [-0.39, 0.29) is 11.9 Å². The molecule has 0 fully saturated rings. The van der Waals surface area contributed by atoms with E-state index in [1.54, 1.807) is 18.7 Å². The number of benzene rings is 1. The molecule has 9 nitrogen and oxygen atoms in total. The molecule has 2 aromatic heterocycles. The van der Waals surface area contributed by atoms with Gasteiger partial charge in [0.1, 0.15) is 12.9 Å². The molecule has 1 aromatic carbocycles. The fourth-order valence-corrected chi connectivity index (χ4v) is 3.46. The predicted octanol–water partition coefficient (Wildman–Crippen LogP) is 2.58. The van der Waals surface area contributed by atoms with Crippen LogP contribution in [0.4, 0.5) is 0 Å². The van der Waals surface area contributed by atoms with Gasteiger partial charge in [-0.05, 0) is 50.5 Å². The van der Waals surface area contributed by atoms with Gasteiger partial charge in [-0.3, -0.25) is 4.79 Å². The summed E-state index contributed by atoms with van der Waals surface area (Å²) in [6.45, 7) is 6.77. The molecule has 0 aliphatic heterocycles. The van der Waals surface area contributed by atoms with Gasteiger partial charge >= 0.3 is 0 Å². The Labute approximate surface area is 181 Å². The molecule has 0 radical (unpaired) electrons. The Kier molecular flexibility index (Phi) is 7.41. The van der Waals surface area contributed by atoms with Crippen molar-refractivity contribution in [3.05, 3.63) is 47.0 Å². The maximum Gasteiger partial charge on any atom is 0.252 e. The monoisotopic (exact) mass is 427 g/mol. The summed E-state index contributed by atoms with van der Waals surface area (Å²) in [4.78, 5) is 21.2. The van der Waals surface area contributed by atoms with Crippen molar-refractivity contribution in [3.8, 4) is 11.5 Å². The zero-order chi connectivity index (χ0) is 22.4. The molecule has 1 atom stereocenters. The van der Waals surface area contributed by atoms with Gasteiger partial charge < -0.3 is 19.5 Å². The highest BCUT2D eigenvalue weighted by atomic mass is 16.5. The Morgan fingerprint density at radius 2 is 2.00 bits per heavy atom. The second kappa shape index (κ2) is 10.2. The normalized spacial score (nSPS) is 12.0. The zero-order valence-corrected chi connectivity index (χ0v) is 18.6. The van der Waals surface area contributed by atoms with E-state index in [1.165, 1.54) is 6.33 Å². The van der Waals surface area contributed by atoms with Gasteiger partial charge in [0.05, 0.1) is 19.8 Å². The molecule has 9 heteroatoms. The van der Waals surface area contributed by atoms with E-state index in [9.17, 15) is 4.79 Å². The number of aromatic nitrogens is 4. The first kappa shape index (κ1) is 22.5. The minimum Gasteiger partial charge on any atom is -0.493 e. The van der Waals surface area contributed by atoms with Gasteiger partial charge in [0.2, 0.25) is 5.91 Å². The van der Waals surface area contributed by atoms with Crippen molar-refractivity contribution in [1.82, 2.24) is 24.9 Å². The van der Waals surface area contributed by atoms with Crippen molar-refractivity contribution in [2.24, 2.45) is 0 Å². The molecule has 0 bridgehead atoms. The third-order valence-electron chi connectivity index (χ3n) is 5.20. The zero-order valence-electron chi connectivity index (χ0n) is 18.6. The number of rotatable bonds is 10. The van der Waals surface area contributed by atoms with E-state index in [0.29, 0.717) is 43.3 Å². The highest BCUT2D eigenvalue weighted by molar-refractivity contribution is 5.76. The molecular weight excluding hydrogens is 398 g/mol. The number of nitrogens with zero attached hydrogens (tertiary/aromatic N) is 4. The van der Waals surface area contributed by atoms with Crippen molar-refractivity contribution < 1.29 is 19.0 Å². The van der Waals surface area contributed by atoms with Crippen molar-refractivity contribution in [2.45, 2.75) is 39.7 Å². The topological polar surface area (TPSA) is 99.9 Å². The molecule has 2 heterocycles. The molecule has 0 aliphatic rings. The van der Waals surface area contributed by atoms with Crippen molar-refractivity contribution >= 4 is 11.7 Å². The lowest BCUT2D eigenvalue weighted by atomic mass is 10.0. The number of amides is 1. The molecular formula is C22H29N5O4. The van der Waals surface area contributed by atoms with Crippen LogP contribution in [0.15, 0.2) is 24.5 Å². The number of ether oxygens (including phenoxy) is 3. The number of hydrogen-bond donors (Lipinski definition) is 1. The van der Waals surface area contributed by atoms with Gasteiger partial charge in [-0.1, -0.05) is 6.07 Å². The van der Waals surface area contributed by atoms with Crippen molar-refractivity contribution in [2.75, 3.05) is 27.4 Å². The quantitative estimate of drug-likeness (QED) is 0.496. The van der Waals surface area contributed by atoms with Gasteiger partial charge in [-0.25, -0.2) is 9.50 Å². The molecule has 0 saturated heterocycles. The molecule has 3 aromatic rings. The van der Waals surface area contributed by atoms with E-state index in [2.05, 4.69) is 20.4 Å². The third-order valence-corrected chi connectivity index (χ3v) is 5.20. The number of methoxy groups -OCH3 is 2. The fourth-order valence-electron chi connectivity index (χ4n) is 3.46. The summed E-state index contributed by atoms with van der Waals surface area (Å²) in [5, 5.41) is 7.25. The molecule has 0 aliphatic carbocycles. The average Bonchev–Trinajstić information content (AvgIpc) is 3.22. The standard InChI is InChI=1S/C22H29N5O4/c1-14(17-6-8-19(20(12-17)30-5)31-11-10-29-4)25-21(28)9-7-18-15(2)26-22-23-13-24-27(22)16(18)3/h6,8,12-14H,7,9-11H2,1-5H3,(H,25,28). The first-order chi connectivity index (χ1) is 14.9. The minimum atomic E-state index is -0.174. The lowest BCUT2D eigenvalue weighted by molar-refractivity contribution is -0.121. The first-order valence-electron chi connectivity index (χ1n) is 10.2. The largest absolute Gasteiger partial charge is 0.493 e. The smallest absolute Gasteiger partial charge is 0.252 e.